The number of pyridine rings is 1. The van der Waals surface area contributed by atoms with E-state index >= 15 is 0 Å². The zero-order chi connectivity index (χ0) is 24.2. The molecule has 2 heterocycles. The lowest BCUT2D eigenvalue weighted by Crippen LogP contribution is -2.71. The number of hydrogen-bond donors (Lipinski definition) is 2. The minimum absolute atomic E-state index is 0.00608. The summed E-state index contributed by atoms with van der Waals surface area (Å²) in [7, 11) is 1.53. The molecule has 6 nitrogen and oxygen atoms in total. The number of aliphatic hydroxyl groups is 1. The standard InChI is InChI=1S/C24H27F3N2O4/c1-14-4-5-18(33-3)9-19(14)22-6-7-29(13-24(25,26)27)15(2)23(22,32)10-16-8-17(12-30)21(31)28-20(16)11-22/h4-5,8-9,12,15,32H,6-7,10-11,13H2,1-3H3,(H,28,31)/t15-,22?,23-/m1/s1. The number of benzene rings is 1. The Morgan fingerprint density at radius 2 is 2.03 bits per heavy atom. The molecule has 1 fully saturated rings. The molecule has 4 rings (SSSR count). The SMILES string of the molecule is COc1ccc(C)c(C23CCN(CC(F)(F)F)[C@H](C)[C@]2(O)Cc2cc(C=O)c(=O)[nH]c2C3)c1. The fourth-order valence-corrected chi connectivity index (χ4v) is 5.78. The van der Waals surface area contributed by atoms with Crippen LogP contribution < -0.4 is 10.3 Å². The van der Waals surface area contributed by atoms with Gasteiger partial charge in [0, 0.05) is 30.0 Å². The monoisotopic (exact) mass is 464 g/mol. The molecule has 1 unspecified atom stereocenters. The van der Waals surface area contributed by atoms with Crippen LogP contribution in [0.2, 0.25) is 0 Å². The van der Waals surface area contributed by atoms with Gasteiger partial charge in [-0.05, 0) is 61.7 Å². The summed E-state index contributed by atoms with van der Waals surface area (Å²) in [6, 6.07) is 6.10. The molecule has 1 saturated heterocycles. The van der Waals surface area contributed by atoms with Gasteiger partial charge in [0.05, 0.1) is 24.8 Å². The number of carbonyl (C=O) groups is 1. The van der Waals surface area contributed by atoms with Crippen molar-refractivity contribution in [1.29, 1.82) is 0 Å². The number of fused-ring (bicyclic) bond motifs is 2. The number of aldehydes is 1. The number of nitrogens with one attached hydrogen (secondary N) is 1. The van der Waals surface area contributed by atoms with Gasteiger partial charge in [-0.15, -0.1) is 0 Å². The average Bonchev–Trinajstić information content (AvgIpc) is 2.75. The van der Waals surface area contributed by atoms with Gasteiger partial charge in [-0.3, -0.25) is 14.5 Å². The van der Waals surface area contributed by atoms with Crippen molar-refractivity contribution in [3.05, 3.63) is 62.6 Å². The normalized spacial score (nSPS) is 27.5. The summed E-state index contributed by atoms with van der Waals surface area (Å²) in [6.45, 7) is 2.52. The van der Waals surface area contributed by atoms with Crippen LogP contribution in [-0.2, 0) is 18.3 Å². The predicted molar refractivity (Wildman–Crippen MR) is 116 cm³/mol. The van der Waals surface area contributed by atoms with Crippen LogP contribution in [0.15, 0.2) is 29.1 Å². The summed E-state index contributed by atoms with van der Waals surface area (Å²) >= 11 is 0. The van der Waals surface area contributed by atoms with Crippen molar-refractivity contribution in [3.8, 4) is 5.75 Å². The fourth-order valence-electron chi connectivity index (χ4n) is 5.78. The number of aryl methyl sites for hydroxylation is 1. The smallest absolute Gasteiger partial charge is 0.401 e. The molecule has 1 aromatic heterocycles. The Morgan fingerprint density at radius 3 is 2.67 bits per heavy atom. The first-order valence-electron chi connectivity index (χ1n) is 10.8. The van der Waals surface area contributed by atoms with E-state index in [0.717, 1.165) is 11.1 Å². The van der Waals surface area contributed by atoms with E-state index in [1.165, 1.54) is 18.1 Å². The zero-order valence-corrected chi connectivity index (χ0v) is 18.8. The van der Waals surface area contributed by atoms with E-state index in [1.54, 1.807) is 13.0 Å². The van der Waals surface area contributed by atoms with E-state index in [-0.39, 0.29) is 31.4 Å². The highest BCUT2D eigenvalue weighted by Gasteiger charge is 2.61. The van der Waals surface area contributed by atoms with Crippen molar-refractivity contribution in [2.45, 2.75) is 56.3 Å². The topological polar surface area (TPSA) is 82.6 Å². The maximum absolute atomic E-state index is 13.3. The molecule has 1 aromatic carbocycles. The van der Waals surface area contributed by atoms with Crippen molar-refractivity contribution in [3.63, 3.8) is 0 Å². The number of aromatic nitrogens is 1. The Bertz CT molecular complexity index is 1150. The number of nitrogens with zero attached hydrogens (tertiary/aromatic N) is 1. The van der Waals surface area contributed by atoms with Crippen LogP contribution in [0.5, 0.6) is 5.75 Å². The van der Waals surface area contributed by atoms with Crippen molar-refractivity contribution in [2.75, 3.05) is 20.2 Å². The third-order valence-corrected chi connectivity index (χ3v) is 7.55. The number of methoxy groups -OCH3 is 1. The maximum atomic E-state index is 13.3. The third-order valence-electron chi connectivity index (χ3n) is 7.55. The van der Waals surface area contributed by atoms with Crippen molar-refractivity contribution in [1.82, 2.24) is 9.88 Å². The minimum atomic E-state index is -4.40. The number of carbonyl (C=O) groups excluding carboxylic acids is 1. The lowest BCUT2D eigenvalue weighted by molar-refractivity contribution is -0.190. The number of H-pyrrole nitrogens is 1. The Kier molecular flexibility index (Phi) is 5.69. The van der Waals surface area contributed by atoms with E-state index in [9.17, 15) is 27.9 Å². The molecular formula is C24H27F3N2O4. The number of aromatic amines is 1. The largest absolute Gasteiger partial charge is 0.497 e. The van der Waals surface area contributed by atoms with E-state index in [2.05, 4.69) is 4.98 Å². The molecule has 0 radical (unpaired) electrons. The third kappa shape index (κ3) is 3.77. The van der Waals surface area contributed by atoms with Crippen molar-refractivity contribution in [2.24, 2.45) is 0 Å². The Balaban J connectivity index is 1.93. The van der Waals surface area contributed by atoms with Gasteiger partial charge < -0.3 is 14.8 Å². The highest BCUT2D eigenvalue weighted by Crippen LogP contribution is 2.53. The second-order valence-electron chi connectivity index (χ2n) is 9.23. The first-order valence-corrected chi connectivity index (χ1v) is 10.8. The molecule has 1 aliphatic carbocycles. The second kappa shape index (κ2) is 7.99. The molecule has 33 heavy (non-hydrogen) atoms. The molecule has 2 aromatic rings. The van der Waals surface area contributed by atoms with Gasteiger partial charge in [-0.1, -0.05) is 6.07 Å². The summed E-state index contributed by atoms with van der Waals surface area (Å²) in [4.78, 5) is 27.7. The second-order valence-corrected chi connectivity index (χ2v) is 9.23. The van der Waals surface area contributed by atoms with E-state index < -0.39 is 35.3 Å². The van der Waals surface area contributed by atoms with Gasteiger partial charge in [0.15, 0.2) is 6.29 Å². The van der Waals surface area contributed by atoms with Gasteiger partial charge in [0.2, 0.25) is 0 Å². The molecular weight excluding hydrogens is 437 g/mol. The molecule has 2 aliphatic rings. The quantitative estimate of drug-likeness (QED) is 0.680. The molecule has 9 heteroatoms. The first kappa shape index (κ1) is 23.5. The Labute approximate surface area is 189 Å². The van der Waals surface area contributed by atoms with E-state index in [1.807, 2.05) is 19.1 Å². The number of piperidine rings is 1. The van der Waals surface area contributed by atoms with Gasteiger partial charge in [-0.25, -0.2) is 0 Å². The zero-order valence-electron chi connectivity index (χ0n) is 18.8. The molecule has 178 valence electrons. The highest BCUT2D eigenvalue weighted by molar-refractivity contribution is 5.74. The van der Waals surface area contributed by atoms with E-state index in [4.69, 9.17) is 4.74 Å². The molecule has 2 N–H and O–H groups in total. The van der Waals surface area contributed by atoms with Gasteiger partial charge in [-0.2, -0.15) is 13.2 Å². The van der Waals surface area contributed by atoms with Crippen LogP contribution in [0, 0.1) is 6.92 Å². The molecule has 1 aliphatic heterocycles. The number of hydrogen-bond acceptors (Lipinski definition) is 5. The molecule has 0 bridgehead atoms. The van der Waals surface area contributed by atoms with Crippen LogP contribution >= 0.6 is 0 Å². The predicted octanol–water partition coefficient (Wildman–Crippen LogP) is 2.93. The molecule has 0 amide bonds. The van der Waals surface area contributed by atoms with Gasteiger partial charge in [0.25, 0.3) is 5.56 Å². The number of rotatable bonds is 4. The number of ether oxygens (including phenoxy) is 1. The van der Waals surface area contributed by atoms with Crippen molar-refractivity contribution < 1.29 is 27.8 Å². The van der Waals surface area contributed by atoms with Crippen LogP contribution in [0.1, 0.15) is 46.1 Å². The summed E-state index contributed by atoms with van der Waals surface area (Å²) in [5.41, 5.74) is -0.308. The van der Waals surface area contributed by atoms with Crippen LogP contribution in [0.25, 0.3) is 0 Å². The molecule has 0 saturated carbocycles. The lowest BCUT2D eigenvalue weighted by Gasteiger charge is -2.60. The van der Waals surface area contributed by atoms with Gasteiger partial charge in [0.1, 0.15) is 5.75 Å². The number of halogens is 3. The summed E-state index contributed by atoms with van der Waals surface area (Å²) < 4.78 is 45.3. The molecule has 0 spiro atoms. The minimum Gasteiger partial charge on any atom is -0.497 e. The Morgan fingerprint density at radius 1 is 1.30 bits per heavy atom. The summed E-state index contributed by atoms with van der Waals surface area (Å²) in [5, 5.41) is 12.3. The summed E-state index contributed by atoms with van der Waals surface area (Å²) in [5.74, 6) is 0.577. The molecule has 3 atom stereocenters. The summed E-state index contributed by atoms with van der Waals surface area (Å²) in [6.07, 6.45) is -3.47. The van der Waals surface area contributed by atoms with Crippen molar-refractivity contribution >= 4 is 6.29 Å². The maximum Gasteiger partial charge on any atom is 0.401 e. The number of alkyl halides is 3. The fraction of sp³-hybridized carbons (Fsp3) is 0.500. The first-order chi connectivity index (χ1) is 15.4. The van der Waals surface area contributed by atoms with Crippen LogP contribution in [0.4, 0.5) is 13.2 Å². The Hall–Kier alpha value is -2.65. The van der Waals surface area contributed by atoms with Gasteiger partial charge >= 0.3 is 6.18 Å². The highest BCUT2D eigenvalue weighted by atomic mass is 19.4. The van der Waals surface area contributed by atoms with Crippen LogP contribution in [0.3, 0.4) is 0 Å². The van der Waals surface area contributed by atoms with E-state index in [0.29, 0.717) is 23.3 Å². The lowest BCUT2D eigenvalue weighted by atomic mass is 9.53. The number of likely N-dealkylation sites (tertiary alicyclic amines) is 1. The average molecular weight is 464 g/mol. The van der Waals surface area contributed by atoms with Crippen LogP contribution in [-0.4, -0.2) is 59.3 Å².